The van der Waals surface area contributed by atoms with Crippen LogP contribution in [0.3, 0.4) is 0 Å². The maximum atomic E-state index is 12.9. The highest BCUT2D eigenvalue weighted by atomic mass is 19.1. The predicted octanol–water partition coefficient (Wildman–Crippen LogP) is 2.15. The van der Waals surface area contributed by atoms with Crippen LogP contribution in [0.5, 0.6) is 5.75 Å². The molecule has 138 valence electrons. The summed E-state index contributed by atoms with van der Waals surface area (Å²) in [7, 11) is 0. The van der Waals surface area contributed by atoms with Gasteiger partial charge in [0.2, 0.25) is 5.91 Å². The van der Waals surface area contributed by atoms with Gasteiger partial charge in [0.25, 0.3) is 0 Å². The van der Waals surface area contributed by atoms with Crippen LogP contribution >= 0.6 is 0 Å². The van der Waals surface area contributed by atoms with Crippen molar-refractivity contribution in [1.82, 2.24) is 15.5 Å². The minimum atomic E-state index is -0.319. The minimum Gasteiger partial charge on any atom is -0.491 e. The molecule has 3 amide bonds. The molecule has 1 saturated heterocycles. The van der Waals surface area contributed by atoms with Gasteiger partial charge in [0.05, 0.1) is 12.0 Å². The molecule has 6 nitrogen and oxygen atoms in total. The van der Waals surface area contributed by atoms with Crippen molar-refractivity contribution >= 4 is 11.9 Å². The number of carbonyl (C=O) groups excluding carboxylic acids is 2. The molecule has 2 atom stereocenters. The van der Waals surface area contributed by atoms with E-state index in [9.17, 15) is 14.0 Å². The number of hydrogen-bond donors (Lipinski definition) is 2. The number of rotatable bonds is 6. The largest absolute Gasteiger partial charge is 0.491 e. The van der Waals surface area contributed by atoms with E-state index in [1.54, 1.807) is 17.0 Å². The number of likely N-dealkylation sites (tertiary alicyclic amines) is 1. The molecule has 0 radical (unpaired) electrons. The van der Waals surface area contributed by atoms with Gasteiger partial charge in [-0.1, -0.05) is 0 Å². The van der Waals surface area contributed by atoms with Gasteiger partial charge in [0, 0.05) is 19.6 Å². The van der Waals surface area contributed by atoms with E-state index >= 15 is 0 Å². The summed E-state index contributed by atoms with van der Waals surface area (Å²) in [4.78, 5) is 26.0. The summed E-state index contributed by atoms with van der Waals surface area (Å²) in [6.45, 7) is 5.68. The molecule has 0 saturated carbocycles. The highest BCUT2D eigenvalue weighted by Gasteiger charge is 2.28. The number of urea groups is 1. The van der Waals surface area contributed by atoms with Crippen LogP contribution in [0.15, 0.2) is 24.3 Å². The summed E-state index contributed by atoms with van der Waals surface area (Å²) in [5.41, 5.74) is 0. The van der Waals surface area contributed by atoms with E-state index in [2.05, 4.69) is 10.6 Å². The topological polar surface area (TPSA) is 70.7 Å². The molecule has 0 aliphatic carbocycles. The maximum Gasteiger partial charge on any atom is 0.317 e. The van der Waals surface area contributed by atoms with Crippen LogP contribution in [0, 0.1) is 11.7 Å². The quantitative estimate of drug-likeness (QED) is 0.825. The summed E-state index contributed by atoms with van der Waals surface area (Å²) < 4.78 is 18.4. The second kappa shape index (κ2) is 9.25. The molecule has 0 spiro atoms. The SMILES string of the molecule is CCNC(=O)[C@@H]1CCCN(C(=O)N[C@H](C)COc2ccc(F)cc2)C1. The van der Waals surface area contributed by atoms with Crippen LogP contribution < -0.4 is 15.4 Å². The van der Waals surface area contributed by atoms with Gasteiger partial charge in [-0.2, -0.15) is 0 Å². The molecule has 0 bridgehead atoms. The van der Waals surface area contributed by atoms with Gasteiger partial charge in [0.15, 0.2) is 0 Å². The molecule has 1 aromatic rings. The number of halogens is 1. The lowest BCUT2D eigenvalue weighted by Gasteiger charge is -2.32. The lowest BCUT2D eigenvalue weighted by molar-refractivity contribution is -0.126. The fourth-order valence-electron chi connectivity index (χ4n) is 2.79. The van der Waals surface area contributed by atoms with Gasteiger partial charge in [-0.3, -0.25) is 4.79 Å². The number of hydrogen-bond acceptors (Lipinski definition) is 3. The van der Waals surface area contributed by atoms with Gasteiger partial charge < -0.3 is 20.3 Å². The third-order valence-corrected chi connectivity index (χ3v) is 4.11. The molecule has 1 aliphatic heterocycles. The number of amides is 3. The first-order valence-corrected chi connectivity index (χ1v) is 8.71. The smallest absolute Gasteiger partial charge is 0.317 e. The van der Waals surface area contributed by atoms with E-state index in [-0.39, 0.29) is 36.3 Å². The fraction of sp³-hybridized carbons (Fsp3) is 0.556. The van der Waals surface area contributed by atoms with Crippen LogP contribution in [0.2, 0.25) is 0 Å². The number of nitrogens with one attached hydrogen (secondary N) is 2. The van der Waals surface area contributed by atoms with Crippen LogP contribution in [-0.2, 0) is 4.79 Å². The first kappa shape index (κ1) is 19.0. The zero-order valence-electron chi connectivity index (χ0n) is 14.8. The molecule has 1 aromatic carbocycles. The molecule has 2 N–H and O–H groups in total. The van der Waals surface area contributed by atoms with Crippen molar-refractivity contribution in [3.8, 4) is 5.75 Å². The number of benzene rings is 1. The van der Waals surface area contributed by atoms with E-state index in [1.165, 1.54) is 12.1 Å². The Bertz CT molecular complexity index is 579. The second-order valence-electron chi connectivity index (χ2n) is 6.30. The lowest BCUT2D eigenvalue weighted by Crippen LogP contribution is -2.51. The summed E-state index contributed by atoms with van der Waals surface area (Å²) in [6, 6.07) is 5.35. The van der Waals surface area contributed by atoms with Gasteiger partial charge in [0.1, 0.15) is 18.2 Å². The Kier molecular flexibility index (Phi) is 7.03. The maximum absolute atomic E-state index is 12.9. The molecule has 25 heavy (non-hydrogen) atoms. The Balaban J connectivity index is 1.77. The van der Waals surface area contributed by atoms with E-state index in [4.69, 9.17) is 4.74 Å². The Morgan fingerprint density at radius 1 is 1.36 bits per heavy atom. The number of nitrogens with zero attached hydrogens (tertiary/aromatic N) is 1. The van der Waals surface area contributed by atoms with Crippen molar-refractivity contribution < 1.29 is 18.7 Å². The zero-order chi connectivity index (χ0) is 18.2. The van der Waals surface area contributed by atoms with E-state index < -0.39 is 0 Å². The summed E-state index contributed by atoms with van der Waals surface area (Å²) >= 11 is 0. The van der Waals surface area contributed by atoms with Crippen LogP contribution in [0.1, 0.15) is 26.7 Å². The third kappa shape index (κ3) is 5.92. The van der Waals surface area contributed by atoms with Gasteiger partial charge in [-0.25, -0.2) is 9.18 Å². The Morgan fingerprint density at radius 2 is 2.08 bits per heavy atom. The van der Waals surface area contributed by atoms with Crippen molar-refractivity contribution in [3.63, 3.8) is 0 Å². The van der Waals surface area contributed by atoms with Crippen molar-refractivity contribution in [1.29, 1.82) is 0 Å². The molecule has 1 fully saturated rings. The van der Waals surface area contributed by atoms with E-state index in [0.717, 1.165) is 12.8 Å². The summed E-state index contributed by atoms with van der Waals surface area (Å²) in [5.74, 6) is 0.0927. The minimum absolute atomic E-state index is 0.00712. The lowest BCUT2D eigenvalue weighted by atomic mass is 9.97. The molecular formula is C18H26FN3O3. The van der Waals surface area contributed by atoms with Crippen molar-refractivity contribution in [2.24, 2.45) is 5.92 Å². The molecule has 1 heterocycles. The molecular weight excluding hydrogens is 325 g/mol. The monoisotopic (exact) mass is 351 g/mol. The second-order valence-corrected chi connectivity index (χ2v) is 6.30. The highest BCUT2D eigenvalue weighted by molar-refractivity contribution is 5.80. The highest BCUT2D eigenvalue weighted by Crippen LogP contribution is 2.17. The van der Waals surface area contributed by atoms with Crippen LogP contribution in [0.4, 0.5) is 9.18 Å². The number of carbonyl (C=O) groups is 2. The van der Waals surface area contributed by atoms with Crippen molar-refractivity contribution in [2.75, 3.05) is 26.2 Å². The fourth-order valence-corrected chi connectivity index (χ4v) is 2.79. The van der Waals surface area contributed by atoms with Gasteiger partial charge >= 0.3 is 6.03 Å². The molecule has 1 aliphatic rings. The Morgan fingerprint density at radius 3 is 2.76 bits per heavy atom. The average molecular weight is 351 g/mol. The standard InChI is InChI=1S/C18H26FN3O3/c1-3-20-17(23)14-5-4-10-22(11-14)18(24)21-13(2)12-25-16-8-6-15(19)7-9-16/h6-9,13-14H,3-5,10-12H2,1-2H3,(H,20,23)(H,21,24)/t13-,14-/m1/s1. The van der Waals surface area contributed by atoms with Gasteiger partial charge in [-0.15, -0.1) is 0 Å². The van der Waals surface area contributed by atoms with Crippen molar-refractivity contribution in [2.45, 2.75) is 32.7 Å². The average Bonchev–Trinajstić information content (AvgIpc) is 2.61. The molecule has 2 rings (SSSR count). The van der Waals surface area contributed by atoms with E-state index in [0.29, 0.717) is 25.4 Å². The third-order valence-electron chi connectivity index (χ3n) is 4.11. The van der Waals surface area contributed by atoms with E-state index in [1.807, 2.05) is 13.8 Å². The molecule has 7 heteroatoms. The Hall–Kier alpha value is -2.31. The number of piperidine rings is 1. The molecule has 0 aromatic heterocycles. The van der Waals surface area contributed by atoms with Gasteiger partial charge in [-0.05, 0) is 51.0 Å². The van der Waals surface area contributed by atoms with Crippen molar-refractivity contribution in [3.05, 3.63) is 30.1 Å². The normalized spacial score (nSPS) is 18.4. The summed E-state index contributed by atoms with van der Waals surface area (Å²) in [5, 5.41) is 5.69. The Labute approximate surface area is 147 Å². The summed E-state index contributed by atoms with van der Waals surface area (Å²) in [6.07, 6.45) is 1.62. The van der Waals surface area contributed by atoms with Crippen LogP contribution in [-0.4, -0.2) is 49.1 Å². The van der Waals surface area contributed by atoms with Crippen LogP contribution in [0.25, 0.3) is 0 Å². The predicted molar refractivity (Wildman–Crippen MR) is 92.9 cm³/mol. The molecule has 0 unspecified atom stereocenters. The first-order valence-electron chi connectivity index (χ1n) is 8.71. The zero-order valence-corrected chi connectivity index (χ0v) is 14.8. The number of ether oxygens (including phenoxy) is 1. The first-order chi connectivity index (χ1) is 12.0.